The quantitative estimate of drug-likeness (QED) is 0.266. The molecule has 180 valence electrons. The van der Waals surface area contributed by atoms with Crippen LogP contribution in [0.1, 0.15) is 18.2 Å². The molecule has 0 radical (unpaired) electrons. The first-order valence-electron chi connectivity index (χ1n) is 11.6. The van der Waals surface area contributed by atoms with E-state index in [1.165, 1.54) is 0 Å². The van der Waals surface area contributed by atoms with Crippen LogP contribution in [0.5, 0.6) is 11.5 Å². The molecule has 0 fully saturated rings. The number of carbonyl (C=O) groups is 1. The Morgan fingerprint density at radius 1 is 0.972 bits per heavy atom. The van der Waals surface area contributed by atoms with Gasteiger partial charge in [-0.3, -0.25) is 9.78 Å². The van der Waals surface area contributed by atoms with Gasteiger partial charge in [-0.05, 0) is 67.4 Å². The summed E-state index contributed by atoms with van der Waals surface area (Å²) in [7, 11) is 3.25. The zero-order chi connectivity index (χ0) is 25.2. The maximum Gasteiger partial charge on any atom is 0.248 e. The van der Waals surface area contributed by atoms with Crippen molar-refractivity contribution in [1.82, 2.24) is 4.98 Å². The van der Waals surface area contributed by atoms with E-state index >= 15 is 0 Å². The van der Waals surface area contributed by atoms with Crippen molar-refractivity contribution in [2.75, 3.05) is 19.5 Å². The molecule has 2 aromatic heterocycles. The number of methoxy groups -OCH3 is 2. The molecule has 3 aromatic carbocycles. The number of aromatic nitrogens is 1. The highest BCUT2D eigenvalue weighted by atomic mass is 16.5. The van der Waals surface area contributed by atoms with Gasteiger partial charge in [-0.1, -0.05) is 18.2 Å². The molecule has 5 rings (SSSR count). The maximum atomic E-state index is 13.0. The van der Waals surface area contributed by atoms with Crippen molar-refractivity contribution in [1.29, 1.82) is 0 Å². The van der Waals surface area contributed by atoms with Gasteiger partial charge in [-0.25, -0.2) is 0 Å². The highest BCUT2D eigenvalue weighted by Gasteiger charge is 2.15. The van der Waals surface area contributed by atoms with Gasteiger partial charge in [0.05, 0.1) is 31.7 Å². The molecule has 0 aliphatic rings. The van der Waals surface area contributed by atoms with E-state index in [-0.39, 0.29) is 5.91 Å². The van der Waals surface area contributed by atoms with E-state index in [0.29, 0.717) is 17.0 Å². The van der Waals surface area contributed by atoms with Gasteiger partial charge >= 0.3 is 0 Å². The first-order chi connectivity index (χ1) is 17.5. The SMILES string of the molecule is COc1ccc(-c2coc3cc(OC)c(/C(C)=C/C(=O)Nc4cccc5nc(C)ccc45)cc23)cc1. The molecule has 5 aromatic rings. The molecule has 0 spiro atoms. The van der Waals surface area contributed by atoms with Gasteiger partial charge in [-0.15, -0.1) is 0 Å². The first kappa shape index (κ1) is 23.2. The summed E-state index contributed by atoms with van der Waals surface area (Å²) in [6.45, 7) is 3.84. The fourth-order valence-electron chi connectivity index (χ4n) is 4.34. The number of fused-ring (bicyclic) bond motifs is 2. The molecule has 6 nitrogen and oxygen atoms in total. The van der Waals surface area contributed by atoms with Crippen LogP contribution < -0.4 is 14.8 Å². The Morgan fingerprint density at radius 2 is 1.78 bits per heavy atom. The molecule has 0 aliphatic carbocycles. The molecule has 6 heteroatoms. The average Bonchev–Trinajstić information content (AvgIpc) is 3.30. The van der Waals surface area contributed by atoms with Crippen LogP contribution in [0.4, 0.5) is 5.69 Å². The third-order valence-corrected chi connectivity index (χ3v) is 6.20. The summed E-state index contributed by atoms with van der Waals surface area (Å²) in [5, 5.41) is 4.82. The summed E-state index contributed by atoms with van der Waals surface area (Å²) in [6, 6.07) is 21.3. The lowest BCUT2D eigenvalue weighted by atomic mass is 9.99. The van der Waals surface area contributed by atoms with Gasteiger partial charge in [0.25, 0.3) is 0 Å². The summed E-state index contributed by atoms with van der Waals surface area (Å²) >= 11 is 0. The first-order valence-corrected chi connectivity index (χ1v) is 11.6. The minimum atomic E-state index is -0.231. The van der Waals surface area contributed by atoms with Crippen molar-refractivity contribution in [2.45, 2.75) is 13.8 Å². The lowest BCUT2D eigenvalue weighted by Gasteiger charge is -2.11. The van der Waals surface area contributed by atoms with Gasteiger partial charge in [0.1, 0.15) is 17.1 Å². The van der Waals surface area contributed by atoms with Gasteiger partial charge in [-0.2, -0.15) is 0 Å². The number of hydrogen-bond acceptors (Lipinski definition) is 5. The van der Waals surface area contributed by atoms with Crippen LogP contribution in [-0.2, 0) is 4.79 Å². The number of pyridine rings is 1. The standard InChI is InChI=1S/C30H26N2O4/c1-18(14-30(33)32-27-7-5-6-26-22(27)13-8-19(2)31-26)23-15-24-25(17-36-29(24)16-28(23)35-4)20-9-11-21(34-3)12-10-20/h5-17H,1-4H3,(H,32,33)/b18-14+. The van der Waals surface area contributed by atoms with E-state index in [0.717, 1.165) is 50.0 Å². The average molecular weight is 479 g/mol. The smallest absolute Gasteiger partial charge is 0.248 e. The number of allylic oxidation sites excluding steroid dienone is 1. The van der Waals surface area contributed by atoms with Crippen molar-refractivity contribution in [3.8, 4) is 22.6 Å². The molecule has 0 bridgehead atoms. The molecule has 0 saturated carbocycles. The van der Waals surface area contributed by atoms with Crippen molar-refractivity contribution in [2.24, 2.45) is 0 Å². The molecule has 1 amide bonds. The molecule has 0 saturated heterocycles. The van der Waals surface area contributed by atoms with E-state index in [2.05, 4.69) is 10.3 Å². The zero-order valence-electron chi connectivity index (χ0n) is 20.6. The fraction of sp³-hybridized carbons (Fsp3) is 0.133. The second-order valence-corrected chi connectivity index (χ2v) is 8.57. The molecule has 36 heavy (non-hydrogen) atoms. The third-order valence-electron chi connectivity index (χ3n) is 6.20. The third kappa shape index (κ3) is 4.41. The number of aryl methyl sites for hydroxylation is 1. The number of amides is 1. The lowest BCUT2D eigenvalue weighted by molar-refractivity contribution is -0.111. The molecule has 1 N–H and O–H groups in total. The van der Waals surface area contributed by atoms with Crippen LogP contribution >= 0.6 is 0 Å². The summed E-state index contributed by atoms with van der Waals surface area (Å²) in [4.78, 5) is 17.5. The number of benzene rings is 3. The van der Waals surface area contributed by atoms with Crippen molar-refractivity contribution >= 4 is 39.0 Å². The van der Waals surface area contributed by atoms with Gasteiger partial charge in [0, 0.05) is 39.7 Å². The summed E-state index contributed by atoms with van der Waals surface area (Å²) in [5.41, 5.74) is 6.72. The summed E-state index contributed by atoms with van der Waals surface area (Å²) in [5.74, 6) is 1.19. The van der Waals surface area contributed by atoms with Crippen molar-refractivity contribution < 1.29 is 18.7 Å². The Balaban J connectivity index is 1.49. The van der Waals surface area contributed by atoms with E-state index in [4.69, 9.17) is 13.9 Å². The molecular formula is C30H26N2O4. The Morgan fingerprint density at radius 3 is 2.53 bits per heavy atom. The van der Waals surface area contributed by atoms with E-state index in [1.807, 2.05) is 80.6 Å². The fourth-order valence-corrected chi connectivity index (χ4v) is 4.34. The van der Waals surface area contributed by atoms with Crippen molar-refractivity contribution in [3.05, 3.63) is 90.3 Å². The summed E-state index contributed by atoms with van der Waals surface area (Å²) < 4.78 is 16.7. The van der Waals surface area contributed by atoms with Crippen LogP contribution in [0.2, 0.25) is 0 Å². The normalized spacial score (nSPS) is 11.6. The Labute approximate surface area is 209 Å². The number of nitrogens with zero attached hydrogens (tertiary/aromatic N) is 1. The molecule has 2 heterocycles. The topological polar surface area (TPSA) is 73.6 Å². The summed E-state index contributed by atoms with van der Waals surface area (Å²) in [6.07, 6.45) is 3.31. The Bertz CT molecular complexity index is 1610. The number of hydrogen-bond donors (Lipinski definition) is 1. The van der Waals surface area contributed by atoms with Gasteiger partial charge in [0.2, 0.25) is 5.91 Å². The molecule has 0 unspecified atom stereocenters. The van der Waals surface area contributed by atoms with Crippen LogP contribution in [0, 0.1) is 6.92 Å². The molecular weight excluding hydrogens is 452 g/mol. The monoisotopic (exact) mass is 478 g/mol. The largest absolute Gasteiger partial charge is 0.497 e. The molecule has 0 aliphatic heterocycles. The van der Waals surface area contributed by atoms with Crippen LogP contribution in [-0.4, -0.2) is 25.1 Å². The highest BCUT2D eigenvalue weighted by molar-refractivity contribution is 6.09. The Kier molecular flexibility index (Phi) is 6.17. The number of anilines is 1. The second kappa shape index (κ2) is 9.58. The van der Waals surface area contributed by atoms with Crippen LogP contribution in [0.15, 0.2) is 83.5 Å². The number of nitrogens with one attached hydrogen (secondary N) is 1. The second-order valence-electron chi connectivity index (χ2n) is 8.57. The predicted molar refractivity (Wildman–Crippen MR) is 144 cm³/mol. The van der Waals surface area contributed by atoms with Gasteiger partial charge < -0.3 is 19.2 Å². The number of ether oxygens (including phenoxy) is 2. The van der Waals surface area contributed by atoms with E-state index in [9.17, 15) is 4.79 Å². The minimum absolute atomic E-state index is 0.231. The van der Waals surface area contributed by atoms with E-state index < -0.39 is 0 Å². The number of furan rings is 1. The number of carbonyl (C=O) groups excluding carboxylic acids is 1. The highest BCUT2D eigenvalue weighted by Crippen LogP contribution is 2.37. The zero-order valence-corrected chi connectivity index (χ0v) is 20.6. The lowest BCUT2D eigenvalue weighted by Crippen LogP contribution is -2.09. The Hall–Kier alpha value is -4.58. The van der Waals surface area contributed by atoms with Crippen molar-refractivity contribution in [3.63, 3.8) is 0 Å². The van der Waals surface area contributed by atoms with Gasteiger partial charge in [0.15, 0.2) is 0 Å². The maximum absolute atomic E-state index is 13.0. The predicted octanol–water partition coefficient (Wildman–Crippen LogP) is 7.02. The molecule has 0 atom stereocenters. The van der Waals surface area contributed by atoms with E-state index in [1.54, 1.807) is 26.6 Å². The minimum Gasteiger partial charge on any atom is -0.497 e. The van der Waals surface area contributed by atoms with Crippen LogP contribution in [0.3, 0.4) is 0 Å². The number of rotatable bonds is 6. The van der Waals surface area contributed by atoms with Crippen LogP contribution in [0.25, 0.3) is 38.6 Å².